The molecule has 0 aromatic heterocycles. The number of fused-ring (bicyclic) bond motifs is 1. The molecule has 2 aromatic carbocycles. The molecule has 0 spiro atoms. The summed E-state index contributed by atoms with van der Waals surface area (Å²) in [5.41, 5.74) is 0.982. The van der Waals surface area contributed by atoms with Gasteiger partial charge < -0.3 is 20.1 Å². The summed E-state index contributed by atoms with van der Waals surface area (Å²) < 4.78 is 48.6. The Bertz CT molecular complexity index is 1370. The van der Waals surface area contributed by atoms with E-state index in [0.717, 1.165) is 25.7 Å². The summed E-state index contributed by atoms with van der Waals surface area (Å²) in [4.78, 5) is 14.5. The fraction of sp³-hybridized carbons (Fsp3) is 0.500. The van der Waals surface area contributed by atoms with Crippen LogP contribution in [0.2, 0.25) is 0 Å². The molecule has 4 rings (SSSR count). The van der Waals surface area contributed by atoms with Crippen molar-refractivity contribution in [3.63, 3.8) is 0 Å². The lowest BCUT2D eigenvalue weighted by molar-refractivity contribution is 0.0806. The molecule has 1 aliphatic heterocycles. The lowest BCUT2D eigenvalue weighted by Gasteiger charge is -2.37. The minimum Gasteiger partial charge on any atom is -0.487 e. The van der Waals surface area contributed by atoms with Crippen LogP contribution in [0.15, 0.2) is 47.4 Å². The number of carbonyl (C=O) groups is 1. The van der Waals surface area contributed by atoms with Gasteiger partial charge in [0.1, 0.15) is 22.6 Å². The number of aliphatic hydroxyl groups excluding tert-OH is 1. The van der Waals surface area contributed by atoms with Crippen LogP contribution in [-0.2, 0) is 10.0 Å². The van der Waals surface area contributed by atoms with E-state index >= 15 is 0 Å². The van der Waals surface area contributed by atoms with Gasteiger partial charge in [0.05, 0.1) is 13.2 Å². The molecule has 1 saturated carbocycles. The van der Waals surface area contributed by atoms with Crippen molar-refractivity contribution in [2.75, 3.05) is 26.7 Å². The monoisotopic (exact) mass is 571 g/mol. The molecule has 2 N–H and O–H groups in total. The maximum atomic E-state index is 13.7. The van der Waals surface area contributed by atoms with E-state index in [2.05, 4.69) is 17.2 Å². The summed E-state index contributed by atoms with van der Waals surface area (Å²) in [7, 11) is -2.30. The summed E-state index contributed by atoms with van der Waals surface area (Å²) in [6, 6.07) is 9.82. The maximum absolute atomic E-state index is 13.7. The molecule has 3 atom stereocenters. The van der Waals surface area contributed by atoms with E-state index < -0.39 is 28.0 Å². The fourth-order valence-electron chi connectivity index (χ4n) is 5.12. The van der Waals surface area contributed by atoms with Gasteiger partial charge in [0.25, 0.3) is 0 Å². The average molecular weight is 572 g/mol. The van der Waals surface area contributed by atoms with Gasteiger partial charge >= 0.3 is 6.03 Å². The molecular formula is C30H38FN3O5S. The summed E-state index contributed by atoms with van der Waals surface area (Å²) in [6.07, 6.45) is 4.80. The Kier molecular flexibility index (Phi) is 9.72. The number of aliphatic hydroxyl groups is 1. The number of amides is 2. The molecule has 0 saturated heterocycles. The molecule has 2 amide bonds. The van der Waals surface area contributed by atoms with Crippen LogP contribution in [0.4, 0.5) is 9.18 Å². The van der Waals surface area contributed by atoms with E-state index in [1.54, 1.807) is 43.1 Å². The minimum absolute atomic E-state index is 0.0321. The van der Waals surface area contributed by atoms with Crippen molar-refractivity contribution in [2.45, 2.75) is 69.0 Å². The predicted molar refractivity (Wildman–Crippen MR) is 151 cm³/mol. The van der Waals surface area contributed by atoms with Gasteiger partial charge in [-0.1, -0.05) is 44.1 Å². The van der Waals surface area contributed by atoms with Crippen molar-refractivity contribution in [2.24, 2.45) is 5.92 Å². The first-order valence-corrected chi connectivity index (χ1v) is 15.2. The quantitative estimate of drug-likeness (QED) is 0.530. The molecule has 0 bridgehead atoms. The first kappa shape index (κ1) is 29.8. The average Bonchev–Trinajstić information content (AvgIpc) is 2.93. The van der Waals surface area contributed by atoms with Crippen LogP contribution in [0.3, 0.4) is 0 Å². The normalized spacial score (nSPS) is 21.9. The van der Waals surface area contributed by atoms with E-state index in [-0.39, 0.29) is 48.3 Å². The van der Waals surface area contributed by atoms with Gasteiger partial charge in [-0.05, 0) is 56.2 Å². The first-order chi connectivity index (χ1) is 19.1. The highest BCUT2D eigenvalue weighted by Gasteiger charge is 2.38. The zero-order chi connectivity index (χ0) is 28.9. The molecule has 40 heavy (non-hydrogen) atoms. The molecule has 1 aliphatic carbocycles. The second-order valence-electron chi connectivity index (χ2n) is 10.8. The Morgan fingerprint density at radius 3 is 2.55 bits per heavy atom. The third-order valence-electron chi connectivity index (χ3n) is 7.58. The van der Waals surface area contributed by atoms with Crippen molar-refractivity contribution in [1.82, 2.24) is 14.5 Å². The van der Waals surface area contributed by atoms with Crippen LogP contribution in [0, 0.1) is 23.6 Å². The SMILES string of the molecule is C[C@@H]1CN([C@H](C)CO)S(=O)(=O)c2ccc(C#Cc3cccc(F)c3)cc2O[C@H]1CN(C)C(=O)NC1CCCCC1. The molecule has 2 aliphatic rings. The Morgan fingerprint density at radius 1 is 1.18 bits per heavy atom. The third-order valence-corrected chi connectivity index (χ3v) is 9.60. The predicted octanol–water partition coefficient (Wildman–Crippen LogP) is 3.97. The summed E-state index contributed by atoms with van der Waals surface area (Å²) in [5, 5.41) is 13.0. The standard InChI is InChI=1S/C30H38FN3O5S/c1-21-18-34(22(2)20-35)40(37,38)29-15-14-24(13-12-23-8-7-9-25(31)16-23)17-27(29)39-28(21)19-33(3)30(36)32-26-10-5-4-6-11-26/h7-9,14-17,21-22,26,28,35H,4-6,10-11,18-20H2,1-3H3,(H,32,36)/t21-,22-,28+/m1/s1. The number of sulfonamides is 1. The molecule has 8 nitrogen and oxygen atoms in total. The number of benzene rings is 2. The van der Waals surface area contributed by atoms with Crippen molar-refractivity contribution >= 4 is 16.1 Å². The van der Waals surface area contributed by atoms with Crippen LogP contribution >= 0.6 is 0 Å². The number of hydrogen-bond donors (Lipinski definition) is 2. The second kappa shape index (κ2) is 13.0. The van der Waals surface area contributed by atoms with Gasteiger partial charge in [0.2, 0.25) is 10.0 Å². The fourth-order valence-corrected chi connectivity index (χ4v) is 6.94. The molecule has 216 valence electrons. The molecule has 1 heterocycles. The van der Waals surface area contributed by atoms with Crippen LogP contribution in [-0.4, -0.2) is 73.7 Å². The molecular weight excluding hydrogens is 533 g/mol. The third kappa shape index (κ3) is 7.14. The number of urea groups is 1. The number of nitrogens with zero attached hydrogens (tertiary/aromatic N) is 2. The number of hydrogen-bond acceptors (Lipinski definition) is 5. The summed E-state index contributed by atoms with van der Waals surface area (Å²) >= 11 is 0. The zero-order valence-electron chi connectivity index (χ0n) is 23.3. The number of nitrogens with one attached hydrogen (secondary N) is 1. The highest BCUT2D eigenvalue weighted by Crippen LogP contribution is 2.34. The number of ether oxygens (including phenoxy) is 1. The van der Waals surface area contributed by atoms with Crippen molar-refractivity contribution < 1.29 is 27.4 Å². The van der Waals surface area contributed by atoms with Crippen molar-refractivity contribution in [3.05, 3.63) is 59.4 Å². The Hall–Kier alpha value is -3.13. The molecule has 2 aromatic rings. The van der Waals surface area contributed by atoms with Gasteiger partial charge in [-0.15, -0.1) is 0 Å². The number of likely N-dealkylation sites (N-methyl/N-ethyl adjacent to an activating group) is 1. The number of carbonyl (C=O) groups excluding carboxylic acids is 1. The summed E-state index contributed by atoms with van der Waals surface area (Å²) in [5.74, 6) is 5.28. The lowest BCUT2D eigenvalue weighted by Crippen LogP contribution is -2.52. The molecule has 1 fully saturated rings. The topological polar surface area (TPSA) is 99.2 Å². The van der Waals surface area contributed by atoms with Crippen molar-refractivity contribution in [1.29, 1.82) is 0 Å². The lowest BCUT2D eigenvalue weighted by atomic mass is 9.96. The number of rotatable bonds is 5. The van der Waals surface area contributed by atoms with Gasteiger partial charge in [0.15, 0.2) is 0 Å². The first-order valence-electron chi connectivity index (χ1n) is 13.8. The van der Waals surface area contributed by atoms with Gasteiger partial charge in [-0.2, -0.15) is 4.31 Å². The smallest absolute Gasteiger partial charge is 0.317 e. The Morgan fingerprint density at radius 2 is 1.88 bits per heavy atom. The largest absolute Gasteiger partial charge is 0.487 e. The Balaban J connectivity index is 1.65. The van der Waals surface area contributed by atoms with E-state index in [4.69, 9.17) is 4.74 Å². The molecule has 0 unspecified atom stereocenters. The molecule has 0 radical (unpaired) electrons. The highest BCUT2D eigenvalue weighted by atomic mass is 32.2. The van der Waals surface area contributed by atoms with E-state index in [0.29, 0.717) is 11.1 Å². The summed E-state index contributed by atoms with van der Waals surface area (Å²) in [6.45, 7) is 3.55. The highest BCUT2D eigenvalue weighted by molar-refractivity contribution is 7.89. The van der Waals surface area contributed by atoms with E-state index in [1.165, 1.54) is 28.9 Å². The van der Waals surface area contributed by atoms with Crippen molar-refractivity contribution in [3.8, 4) is 17.6 Å². The van der Waals surface area contributed by atoms with Gasteiger partial charge in [0, 0.05) is 42.7 Å². The minimum atomic E-state index is -4.01. The van der Waals surface area contributed by atoms with E-state index in [1.807, 2.05) is 6.92 Å². The maximum Gasteiger partial charge on any atom is 0.317 e. The second-order valence-corrected chi connectivity index (χ2v) is 12.7. The van der Waals surface area contributed by atoms with Crippen LogP contribution in [0.5, 0.6) is 5.75 Å². The van der Waals surface area contributed by atoms with E-state index in [9.17, 15) is 22.7 Å². The van der Waals surface area contributed by atoms with Gasteiger partial charge in [-0.3, -0.25) is 0 Å². The van der Waals surface area contributed by atoms with Crippen LogP contribution in [0.25, 0.3) is 0 Å². The number of halogens is 1. The Labute approximate surface area is 236 Å². The van der Waals surface area contributed by atoms with Crippen LogP contribution < -0.4 is 10.1 Å². The zero-order valence-corrected chi connectivity index (χ0v) is 24.1. The van der Waals surface area contributed by atoms with Gasteiger partial charge in [-0.25, -0.2) is 17.6 Å². The van der Waals surface area contributed by atoms with Crippen LogP contribution in [0.1, 0.15) is 57.1 Å². The molecule has 10 heteroatoms.